The smallest absolute Gasteiger partial charge is 0.260 e. The fourth-order valence-corrected chi connectivity index (χ4v) is 3.67. The van der Waals surface area contributed by atoms with Gasteiger partial charge in [0.2, 0.25) is 11.7 Å². The lowest BCUT2D eigenvalue weighted by Crippen LogP contribution is -2.50. The third-order valence-corrected chi connectivity index (χ3v) is 5.43. The minimum absolute atomic E-state index is 0.00264. The number of aromatic nitrogens is 2. The molecule has 0 saturated carbocycles. The highest BCUT2D eigenvalue weighted by molar-refractivity contribution is 6.30. The highest BCUT2D eigenvalue weighted by Crippen LogP contribution is 2.28. The Labute approximate surface area is 178 Å². The van der Waals surface area contributed by atoms with Crippen LogP contribution in [0.3, 0.4) is 0 Å². The van der Waals surface area contributed by atoms with Crippen LogP contribution in [0.2, 0.25) is 5.02 Å². The molecule has 0 radical (unpaired) electrons. The first-order valence-corrected chi connectivity index (χ1v) is 10.0. The topological polar surface area (TPSA) is 68.5 Å². The molecule has 0 bridgehead atoms. The number of hydrogen-bond acceptors (Lipinski definition) is 5. The van der Waals surface area contributed by atoms with E-state index in [9.17, 15) is 4.79 Å². The van der Waals surface area contributed by atoms with Gasteiger partial charge in [0.15, 0.2) is 6.61 Å². The Morgan fingerprint density at radius 3 is 2.73 bits per heavy atom. The summed E-state index contributed by atoms with van der Waals surface area (Å²) in [6, 6.07) is 21.1. The first kappa shape index (κ1) is 18.6. The van der Waals surface area contributed by atoms with Gasteiger partial charge in [0, 0.05) is 23.7 Å². The van der Waals surface area contributed by atoms with Crippen molar-refractivity contribution in [2.24, 2.45) is 0 Å². The van der Waals surface area contributed by atoms with Crippen LogP contribution in [-0.2, 0) is 4.79 Å². The van der Waals surface area contributed by atoms with Crippen molar-refractivity contribution in [3.8, 4) is 17.1 Å². The van der Waals surface area contributed by atoms with Crippen LogP contribution in [0, 0.1) is 0 Å². The van der Waals surface area contributed by atoms with Gasteiger partial charge in [0.25, 0.3) is 5.91 Å². The van der Waals surface area contributed by atoms with Gasteiger partial charge in [-0.15, -0.1) is 0 Å². The maximum absolute atomic E-state index is 12.4. The summed E-state index contributed by atoms with van der Waals surface area (Å²) in [4.78, 5) is 18.6. The Kier molecular flexibility index (Phi) is 4.85. The summed E-state index contributed by atoms with van der Waals surface area (Å²) in [7, 11) is 0. The molecule has 1 aliphatic rings. The van der Waals surface area contributed by atoms with Crippen LogP contribution in [0.4, 0.5) is 0 Å². The van der Waals surface area contributed by atoms with E-state index in [0.717, 1.165) is 16.3 Å². The molecule has 2 heterocycles. The second-order valence-corrected chi connectivity index (χ2v) is 7.70. The van der Waals surface area contributed by atoms with Gasteiger partial charge in [-0.1, -0.05) is 59.2 Å². The lowest BCUT2D eigenvalue weighted by Gasteiger charge is -2.36. The molecular weight excluding hydrogens is 402 g/mol. The number of carbonyl (C=O) groups is 1. The molecule has 0 atom stereocenters. The van der Waals surface area contributed by atoms with E-state index >= 15 is 0 Å². The monoisotopic (exact) mass is 419 g/mol. The number of fused-ring (bicyclic) bond motifs is 1. The van der Waals surface area contributed by atoms with Crippen molar-refractivity contribution >= 4 is 28.3 Å². The van der Waals surface area contributed by atoms with Gasteiger partial charge in [-0.2, -0.15) is 4.98 Å². The Hall–Kier alpha value is -3.38. The first-order valence-electron chi connectivity index (χ1n) is 9.64. The molecule has 4 aromatic rings. The molecule has 1 amide bonds. The Morgan fingerprint density at radius 2 is 1.90 bits per heavy atom. The van der Waals surface area contributed by atoms with Crippen LogP contribution >= 0.6 is 11.6 Å². The van der Waals surface area contributed by atoms with Crippen molar-refractivity contribution in [3.05, 3.63) is 77.6 Å². The predicted molar refractivity (Wildman–Crippen MR) is 114 cm³/mol. The van der Waals surface area contributed by atoms with Gasteiger partial charge >= 0.3 is 0 Å². The SMILES string of the molecule is O=C(COc1ccc2ccccc2c1)N1CC(c2nc(-c3cccc(Cl)c3)no2)C1. The van der Waals surface area contributed by atoms with Gasteiger partial charge < -0.3 is 14.2 Å². The van der Waals surface area contributed by atoms with E-state index in [-0.39, 0.29) is 18.4 Å². The second-order valence-electron chi connectivity index (χ2n) is 7.26. The maximum atomic E-state index is 12.4. The largest absolute Gasteiger partial charge is 0.484 e. The van der Waals surface area contributed by atoms with Crippen LogP contribution in [0.25, 0.3) is 22.2 Å². The number of carbonyl (C=O) groups excluding carboxylic acids is 1. The standard InChI is InChI=1S/C23H18ClN3O3/c24-19-7-3-6-17(10-19)22-25-23(30-26-22)18-12-27(13-18)21(28)14-29-20-9-8-15-4-1-2-5-16(15)11-20/h1-11,18H,12-14H2. The summed E-state index contributed by atoms with van der Waals surface area (Å²) in [5, 5.41) is 6.86. The van der Waals surface area contributed by atoms with Crippen molar-refractivity contribution < 1.29 is 14.1 Å². The maximum Gasteiger partial charge on any atom is 0.260 e. The van der Waals surface area contributed by atoms with Crippen LogP contribution in [-0.4, -0.2) is 40.6 Å². The average Bonchev–Trinajstić information content (AvgIpc) is 3.21. The predicted octanol–water partition coefficient (Wildman–Crippen LogP) is 4.55. The van der Waals surface area contributed by atoms with Gasteiger partial charge in [-0.3, -0.25) is 4.79 Å². The van der Waals surface area contributed by atoms with Crippen LogP contribution in [0.1, 0.15) is 11.8 Å². The van der Waals surface area contributed by atoms with E-state index in [0.29, 0.717) is 35.6 Å². The molecular formula is C23H18ClN3O3. The zero-order chi connectivity index (χ0) is 20.5. The molecule has 1 fully saturated rings. The van der Waals surface area contributed by atoms with Crippen LogP contribution < -0.4 is 4.74 Å². The van der Waals surface area contributed by atoms with Crippen LogP contribution in [0.5, 0.6) is 5.75 Å². The van der Waals surface area contributed by atoms with E-state index in [1.807, 2.05) is 54.6 Å². The Morgan fingerprint density at radius 1 is 1.07 bits per heavy atom. The fraction of sp³-hybridized carbons (Fsp3) is 0.174. The Bertz CT molecular complexity index is 1220. The minimum Gasteiger partial charge on any atom is -0.484 e. The third-order valence-electron chi connectivity index (χ3n) is 5.19. The normalized spacial score (nSPS) is 14.0. The number of benzene rings is 3. The van der Waals surface area contributed by atoms with Crippen molar-refractivity contribution in [2.75, 3.05) is 19.7 Å². The summed E-state index contributed by atoms with van der Waals surface area (Å²) < 4.78 is 11.1. The number of rotatable bonds is 5. The molecule has 1 aliphatic heterocycles. The van der Waals surface area contributed by atoms with E-state index < -0.39 is 0 Å². The Balaban J connectivity index is 1.16. The van der Waals surface area contributed by atoms with Crippen molar-refractivity contribution in [1.29, 1.82) is 0 Å². The zero-order valence-electron chi connectivity index (χ0n) is 16.0. The molecule has 1 aromatic heterocycles. The van der Waals surface area contributed by atoms with E-state index in [1.165, 1.54) is 0 Å². The molecule has 150 valence electrons. The summed E-state index contributed by atoms with van der Waals surface area (Å²) in [5.41, 5.74) is 0.800. The fourth-order valence-electron chi connectivity index (χ4n) is 3.48. The number of halogens is 1. The quantitative estimate of drug-likeness (QED) is 0.474. The van der Waals surface area contributed by atoms with E-state index in [4.69, 9.17) is 20.9 Å². The number of nitrogens with zero attached hydrogens (tertiary/aromatic N) is 3. The third kappa shape index (κ3) is 3.74. The summed E-state index contributed by atoms with van der Waals surface area (Å²) in [5.74, 6) is 1.69. The minimum atomic E-state index is -0.0611. The molecule has 1 saturated heterocycles. The molecule has 0 aliphatic carbocycles. The molecule has 5 rings (SSSR count). The second kappa shape index (κ2) is 7.80. The van der Waals surface area contributed by atoms with Crippen molar-refractivity contribution in [3.63, 3.8) is 0 Å². The highest BCUT2D eigenvalue weighted by Gasteiger charge is 2.35. The average molecular weight is 420 g/mol. The van der Waals surface area contributed by atoms with E-state index in [2.05, 4.69) is 10.1 Å². The number of ether oxygens (including phenoxy) is 1. The summed E-state index contributed by atoms with van der Waals surface area (Å²) in [6.45, 7) is 1.08. The molecule has 0 unspecified atom stereocenters. The van der Waals surface area contributed by atoms with E-state index in [1.54, 1.807) is 17.0 Å². The molecule has 3 aromatic carbocycles. The number of hydrogen-bond donors (Lipinski definition) is 0. The summed E-state index contributed by atoms with van der Waals surface area (Å²) in [6.07, 6.45) is 0. The molecule has 0 N–H and O–H groups in total. The highest BCUT2D eigenvalue weighted by atomic mass is 35.5. The molecule has 0 spiro atoms. The van der Waals surface area contributed by atoms with Gasteiger partial charge in [0.05, 0.1) is 5.92 Å². The number of likely N-dealkylation sites (tertiary alicyclic amines) is 1. The lowest BCUT2D eigenvalue weighted by atomic mass is 10.0. The molecule has 7 heteroatoms. The van der Waals surface area contributed by atoms with Gasteiger partial charge in [-0.05, 0) is 35.0 Å². The van der Waals surface area contributed by atoms with Crippen LogP contribution in [0.15, 0.2) is 71.3 Å². The molecule has 6 nitrogen and oxygen atoms in total. The van der Waals surface area contributed by atoms with Gasteiger partial charge in [0.1, 0.15) is 5.75 Å². The van der Waals surface area contributed by atoms with Crippen molar-refractivity contribution in [2.45, 2.75) is 5.92 Å². The van der Waals surface area contributed by atoms with Crippen molar-refractivity contribution in [1.82, 2.24) is 15.0 Å². The lowest BCUT2D eigenvalue weighted by molar-refractivity contribution is -0.138. The zero-order valence-corrected chi connectivity index (χ0v) is 16.7. The summed E-state index contributed by atoms with van der Waals surface area (Å²) >= 11 is 6.02. The number of amides is 1. The first-order chi connectivity index (χ1) is 14.7. The van der Waals surface area contributed by atoms with Gasteiger partial charge in [-0.25, -0.2) is 0 Å². The molecule has 30 heavy (non-hydrogen) atoms.